The number of benzene rings is 2. The van der Waals surface area contributed by atoms with Crippen molar-refractivity contribution in [2.75, 3.05) is 11.6 Å². The van der Waals surface area contributed by atoms with E-state index >= 15 is 0 Å². The van der Waals surface area contributed by atoms with Crippen molar-refractivity contribution in [2.45, 2.75) is 39.5 Å². The molecule has 0 saturated carbocycles. The van der Waals surface area contributed by atoms with Crippen LogP contribution in [0.4, 0.5) is 17.1 Å². The maximum Gasteiger partial charge on any atom is 0.119 e. The van der Waals surface area contributed by atoms with Gasteiger partial charge in [-0.15, -0.1) is 0 Å². The number of nitrogens with two attached hydrogens (primary N) is 2. The van der Waals surface area contributed by atoms with E-state index in [1.54, 1.807) is 6.20 Å². The molecule has 6 heteroatoms. The van der Waals surface area contributed by atoms with Crippen molar-refractivity contribution in [3.05, 3.63) is 60.9 Å². The Labute approximate surface area is 167 Å². The van der Waals surface area contributed by atoms with E-state index < -0.39 is 0 Å². The largest absolute Gasteiger partial charge is 0.493 e. The number of azo groups is 1. The first kappa shape index (κ1) is 21.4. The average molecular weight is 382 g/mol. The Morgan fingerprint density at radius 3 is 2.14 bits per heavy atom. The van der Waals surface area contributed by atoms with Gasteiger partial charge in [0.1, 0.15) is 5.75 Å². The minimum Gasteiger partial charge on any atom is -0.493 e. The summed E-state index contributed by atoms with van der Waals surface area (Å²) in [6.45, 7) is 5.21. The van der Waals surface area contributed by atoms with Crippen LogP contribution in [0.15, 0.2) is 71.2 Å². The minimum atomic E-state index is 0.618. The molecule has 0 fully saturated rings. The molecule has 1 atom stereocenters. The van der Waals surface area contributed by atoms with E-state index in [1.165, 1.54) is 30.5 Å². The van der Waals surface area contributed by atoms with E-state index in [2.05, 4.69) is 24.1 Å². The maximum absolute atomic E-state index is 5.93. The summed E-state index contributed by atoms with van der Waals surface area (Å²) in [5.41, 5.74) is 7.67. The number of unbranched alkanes of at least 4 members (excludes halogenated alkanes) is 1. The first-order valence-electron chi connectivity index (χ1n) is 9.83. The third kappa shape index (κ3) is 7.04. The zero-order chi connectivity index (χ0) is 20.2. The van der Waals surface area contributed by atoms with E-state index in [-0.39, 0.29) is 0 Å². The Morgan fingerprint density at radius 2 is 1.61 bits per heavy atom. The summed E-state index contributed by atoms with van der Waals surface area (Å²) in [6, 6.07) is 15.1. The van der Waals surface area contributed by atoms with Crippen LogP contribution in [0.25, 0.3) is 0 Å². The van der Waals surface area contributed by atoms with Gasteiger partial charge in [-0.2, -0.15) is 10.2 Å². The molecular formula is C22H31N5O. The lowest BCUT2D eigenvalue weighted by Gasteiger charge is -2.15. The molecule has 0 bridgehead atoms. The number of rotatable bonds is 11. The fourth-order valence-corrected chi connectivity index (χ4v) is 2.71. The lowest BCUT2D eigenvalue weighted by atomic mass is 10.0. The maximum atomic E-state index is 5.93. The van der Waals surface area contributed by atoms with Gasteiger partial charge in [0.2, 0.25) is 0 Å². The fourth-order valence-electron chi connectivity index (χ4n) is 2.71. The highest BCUT2D eigenvalue weighted by Gasteiger charge is 2.07. The van der Waals surface area contributed by atoms with Crippen LogP contribution < -0.4 is 21.3 Å². The molecule has 2 aromatic carbocycles. The van der Waals surface area contributed by atoms with Crippen molar-refractivity contribution in [3.8, 4) is 5.75 Å². The van der Waals surface area contributed by atoms with E-state index in [0.717, 1.165) is 35.8 Å². The SMILES string of the molecule is CCCCC(CC)COc1ccc(N=Nc2ccc(N(N)/C=C\N)cc2)cc1. The second kappa shape index (κ2) is 11.8. The van der Waals surface area contributed by atoms with Crippen LogP contribution in [0.5, 0.6) is 5.75 Å². The number of hydrazine groups is 1. The van der Waals surface area contributed by atoms with Crippen molar-refractivity contribution < 1.29 is 4.74 Å². The number of ether oxygens (including phenoxy) is 1. The lowest BCUT2D eigenvalue weighted by Crippen LogP contribution is -2.24. The van der Waals surface area contributed by atoms with E-state index in [9.17, 15) is 0 Å². The third-order valence-corrected chi connectivity index (χ3v) is 4.54. The van der Waals surface area contributed by atoms with Crippen LogP contribution in [-0.2, 0) is 0 Å². The first-order chi connectivity index (χ1) is 13.7. The minimum absolute atomic E-state index is 0.618. The molecule has 150 valence electrons. The topological polar surface area (TPSA) is 89.2 Å². The van der Waals surface area contributed by atoms with Crippen LogP contribution in [0.2, 0.25) is 0 Å². The van der Waals surface area contributed by atoms with Crippen LogP contribution in [0.3, 0.4) is 0 Å². The lowest BCUT2D eigenvalue weighted by molar-refractivity contribution is 0.233. The average Bonchev–Trinajstić information content (AvgIpc) is 2.74. The summed E-state index contributed by atoms with van der Waals surface area (Å²) in [4.78, 5) is 0. The molecule has 2 rings (SSSR count). The van der Waals surface area contributed by atoms with Gasteiger partial charge in [-0.1, -0.05) is 33.1 Å². The van der Waals surface area contributed by atoms with Crippen molar-refractivity contribution in [1.82, 2.24) is 0 Å². The summed E-state index contributed by atoms with van der Waals surface area (Å²) >= 11 is 0. The predicted molar refractivity (Wildman–Crippen MR) is 116 cm³/mol. The molecule has 0 heterocycles. The van der Waals surface area contributed by atoms with Crippen molar-refractivity contribution in [1.29, 1.82) is 0 Å². The zero-order valence-corrected chi connectivity index (χ0v) is 16.8. The van der Waals surface area contributed by atoms with Gasteiger partial charge in [-0.3, -0.25) is 5.01 Å². The molecule has 0 aromatic heterocycles. The van der Waals surface area contributed by atoms with Gasteiger partial charge in [-0.25, -0.2) is 5.84 Å². The quantitative estimate of drug-likeness (QED) is 0.292. The summed E-state index contributed by atoms with van der Waals surface area (Å²) in [7, 11) is 0. The van der Waals surface area contributed by atoms with Gasteiger partial charge in [-0.05, 0) is 60.9 Å². The molecule has 28 heavy (non-hydrogen) atoms. The molecule has 0 amide bonds. The van der Waals surface area contributed by atoms with Crippen LogP contribution in [0, 0.1) is 5.92 Å². The Kier molecular flexibility index (Phi) is 9.01. The number of hydrogen-bond acceptors (Lipinski definition) is 6. The molecule has 0 aliphatic rings. The summed E-state index contributed by atoms with van der Waals surface area (Å²) in [5.74, 6) is 7.30. The Morgan fingerprint density at radius 1 is 1.00 bits per heavy atom. The highest BCUT2D eigenvalue weighted by molar-refractivity contribution is 5.53. The second-order valence-corrected chi connectivity index (χ2v) is 6.69. The zero-order valence-electron chi connectivity index (χ0n) is 16.8. The molecular weight excluding hydrogens is 350 g/mol. The third-order valence-electron chi connectivity index (χ3n) is 4.54. The smallest absolute Gasteiger partial charge is 0.119 e. The number of nitrogens with zero attached hydrogens (tertiary/aromatic N) is 3. The Hall–Kier alpha value is -2.86. The van der Waals surface area contributed by atoms with Gasteiger partial charge in [0, 0.05) is 12.4 Å². The van der Waals surface area contributed by atoms with E-state index in [0.29, 0.717) is 5.92 Å². The van der Waals surface area contributed by atoms with E-state index in [1.807, 2.05) is 48.5 Å². The highest BCUT2D eigenvalue weighted by atomic mass is 16.5. The van der Waals surface area contributed by atoms with Crippen LogP contribution in [-0.4, -0.2) is 6.61 Å². The first-order valence-corrected chi connectivity index (χ1v) is 9.83. The normalized spacial score (nSPS) is 12.5. The van der Waals surface area contributed by atoms with Gasteiger partial charge in [0.15, 0.2) is 0 Å². The summed E-state index contributed by atoms with van der Waals surface area (Å²) < 4.78 is 5.93. The second-order valence-electron chi connectivity index (χ2n) is 6.69. The number of anilines is 1. The van der Waals surface area contributed by atoms with Gasteiger partial charge in [0.25, 0.3) is 0 Å². The van der Waals surface area contributed by atoms with Gasteiger partial charge in [0.05, 0.1) is 23.7 Å². The van der Waals surface area contributed by atoms with Crippen molar-refractivity contribution in [2.24, 2.45) is 27.7 Å². The number of hydrogen-bond donors (Lipinski definition) is 2. The molecule has 0 spiro atoms. The summed E-state index contributed by atoms with van der Waals surface area (Å²) in [6.07, 6.45) is 7.82. The standard InChI is InChI=1S/C22H31N5O/c1-3-5-6-18(4-2)17-28-22-13-9-20(10-14-22)26-25-19-7-11-21(12-8-19)27(24)16-15-23/h7-16,18H,3-6,17,23-24H2,1-2H3/b16-15-,26-25?. The molecule has 6 nitrogen and oxygen atoms in total. The molecule has 4 N–H and O–H groups in total. The molecule has 2 aromatic rings. The van der Waals surface area contributed by atoms with Crippen molar-refractivity contribution in [3.63, 3.8) is 0 Å². The monoisotopic (exact) mass is 381 g/mol. The van der Waals surface area contributed by atoms with Crippen molar-refractivity contribution >= 4 is 17.1 Å². The molecule has 0 saturated heterocycles. The molecule has 0 aliphatic carbocycles. The summed E-state index contributed by atoms with van der Waals surface area (Å²) in [5, 5.41) is 9.96. The Balaban J connectivity index is 1.89. The molecule has 0 radical (unpaired) electrons. The molecule has 1 unspecified atom stereocenters. The van der Waals surface area contributed by atoms with Crippen LogP contribution in [0.1, 0.15) is 39.5 Å². The van der Waals surface area contributed by atoms with Crippen LogP contribution >= 0.6 is 0 Å². The highest BCUT2D eigenvalue weighted by Crippen LogP contribution is 2.24. The molecule has 0 aliphatic heterocycles. The van der Waals surface area contributed by atoms with Gasteiger partial charge < -0.3 is 10.5 Å². The fraction of sp³-hybridized carbons (Fsp3) is 0.364. The van der Waals surface area contributed by atoms with Gasteiger partial charge >= 0.3 is 0 Å². The Bertz CT molecular complexity index is 741. The predicted octanol–water partition coefficient (Wildman–Crippen LogP) is 5.81. The van der Waals surface area contributed by atoms with E-state index in [4.69, 9.17) is 16.3 Å².